The number of likely N-dealkylation sites (N-methyl/N-ethyl adjacent to an activating group) is 1. The van der Waals surface area contributed by atoms with Crippen LogP contribution in [0.4, 0.5) is 5.69 Å². The van der Waals surface area contributed by atoms with Crippen molar-refractivity contribution in [3.8, 4) is 0 Å². The van der Waals surface area contributed by atoms with E-state index in [1.54, 1.807) is 0 Å². The molecular weight excluding hydrogens is 392 g/mol. The van der Waals surface area contributed by atoms with Crippen molar-refractivity contribution in [1.29, 1.82) is 0 Å². The van der Waals surface area contributed by atoms with Crippen LogP contribution in [0, 0.1) is 11.3 Å². The molecule has 0 aromatic heterocycles. The molecule has 164 valence electrons. The summed E-state index contributed by atoms with van der Waals surface area (Å²) in [6.45, 7) is 6.35. The molecule has 1 spiro atoms. The lowest BCUT2D eigenvalue weighted by Gasteiger charge is -2.62. The van der Waals surface area contributed by atoms with Crippen LogP contribution >= 0.6 is 0 Å². The predicted octanol–water partition coefficient (Wildman–Crippen LogP) is 2.66. The van der Waals surface area contributed by atoms with Gasteiger partial charge in [0.1, 0.15) is 12.7 Å². The first-order valence-electron chi connectivity index (χ1n) is 11.4. The Hall–Kier alpha value is -2.34. The first-order chi connectivity index (χ1) is 14.9. The first-order valence-corrected chi connectivity index (χ1v) is 11.4. The predicted molar refractivity (Wildman–Crippen MR) is 116 cm³/mol. The molecule has 0 N–H and O–H groups in total. The van der Waals surface area contributed by atoms with Crippen LogP contribution in [0.25, 0.3) is 0 Å². The van der Waals surface area contributed by atoms with Gasteiger partial charge in [-0.05, 0) is 37.3 Å². The Kier molecular flexibility index (Phi) is 3.82. The van der Waals surface area contributed by atoms with Crippen molar-refractivity contribution in [3.05, 3.63) is 41.5 Å². The smallest absolute Gasteiger partial charge is 0.302 e. The molecule has 1 saturated carbocycles. The van der Waals surface area contributed by atoms with E-state index < -0.39 is 5.41 Å². The summed E-state index contributed by atoms with van der Waals surface area (Å²) in [5, 5.41) is 0. The number of carbonyl (C=O) groups excluding carboxylic acids is 2. The number of hydrogen-bond acceptors (Lipinski definition) is 6. The second-order valence-electron chi connectivity index (χ2n) is 10.1. The van der Waals surface area contributed by atoms with Gasteiger partial charge in [-0.3, -0.25) is 14.5 Å². The Morgan fingerprint density at radius 1 is 1.23 bits per heavy atom. The second kappa shape index (κ2) is 6.12. The Morgan fingerprint density at radius 3 is 2.71 bits per heavy atom. The highest BCUT2D eigenvalue weighted by molar-refractivity contribution is 5.71. The summed E-state index contributed by atoms with van der Waals surface area (Å²) in [6, 6.07) is 9.49. The highest BCUT2D eigenvalue weighted by Gasteiger charge is 2.81. The van der Waals surface area contributed by atoms with E-state index in [1.165, 1.54) is 30.7 Å². The van der Waals surface area contributed by atoms with Gasteiger partial charge in [0.05, 0.1) is 16.9 Å². The van der Waals surface area contributed by atoms with Crippen LogP contribution in [0.1, 0.15) is 39.2 Å². The van der Waals surface area contributed by atoms with Crippen molar-refractivity contribution in [2.45, 2.75) is 63.3 Å². The average Bonchev–Trinajstić information content (AvgIpc) is 3.13. The van der Waals surface area contributed by atoms with Crippen LogP contribution in [-0.4, -0.2) is 61.3 Å². The van der Waals surface area contributed by atoms with Crippen molar-refractivity contribution >= 4 is 17.6 Å². The number of ether oxygens (including phenoxy) is 2. The number of allylic oxidation sites excluding steroid dienone is 1. The van der Waals surface area contributed by atoms with Gasteiger partial charge in [-0.2, -0.15) is 0 Å². The molecule has 5 aliphatic heterocycles. The van der Waals surface area contributed by atoms with Gasteiger partial charge in [0.15, 0.2) is 0 Å². The Morgan fingerprint density at radius 2 is 2.00 bits per heavy atom. The van der Waals surface area contributed by atoms with Gasteiger partial charge in [-0.25, -0.2) is 0 Å². The van der Waals surface area contributed by atoms with Crippen LogP contribution in [-0.2, 0) is 24.5 Å². The first kappa shape index (κ1) is 19.4. The molecule has 8 atom stereocenters. The number of anilines is 1. The number of piperidine rings is 4. The van der Waals surface area contributed by atoms with E-state index in [1.807, 2.05) is 0 Å². The molecule has 6 heteroatoms. The van der Waals surface area contributed by atoms with Crippen molar-refractivity contribution in [1.82, 2.24) is 4.90 Å². The molecule has 0 radical (unpaired) electrons. The molecular formula is C25H30N2O4. The van der Waals surface area contributed by atoms with Gasteiger partial charge >= 0.3 is 11.9 Å². The quantitative estimate of drug-likeness (QED) is 0.551. The minimum absolute atomic E-state index is 0.236. The summed E-state index contributed by atoms with van der Waals surface area (Å²) in [6.07, 6.45) is 3.85. The third kappa shape index (κ3) is 2.08. The molecule has 3 unspecified atom stereocenters. The second-order valence-corrected chi connectivity index (χ2v) is 10.1. The molecule has 5 fully saturated rings. The number of benzene rings is 1. The molecule has 6 nitrogen and oxygen atoms in total. The topological polar surface area (TPSA) is 59.1 Å². The van der Waals surface area contributed by atoms with Crippen LogP contribution in [0.3, 0.4) is 0 Å². The Labute approximate surface area is 183 Å². The summed E-state index contributed by atoms with van der Waals surface area (Å²) in [5.74, 6) is -0.270. The van der Waals surface area contributed by atoms with Gasteiger partial charge in [0, 0.05) is 45.2 Å². The summed E-state index contributed by atoms with van der Waals surface area (Å²) >= 11 is 0. The average molecular weight is 423 g/mol. The highest BCUT2D eigenvalue weighted by Crippen LogP contribution is 2.73. The maximum atomic E-state index is 12.5. The van der Waals surface area contributed by atoms with Gasteiger partial charge < -0.3 is 14.4 Å². The fourth-order valence-corrected chi connectivity index (χ4v) is 8.43. The zero-order chi connectivity index (χ0) is 21.7. The number of hydrogen-bond donors (Lipinski definition) is 0. The van der Waals surface area contributed by atoms with E-state index in [0.717, 1.165) is 19.4 Å². The highest BCUT2D eigenvalue weighted by atomic mass is 16.6. The van der Waals surface area contributed by atoms with Crippen LogP contribution in [0.5, 0.6) is 0 Å². The molecule has 0 amide bonds. The number of rotatable bonds is 3. The minimum atomic E-state index is -0.416. The third-order valence-corrected chi connectivity index (χ3v) is 9.15. The number of nitrogens with zero attached hydrogens (tertiary/aromatic N) is 2. The van der Waals surface area contributed by atoms with E-state index in [0.29, 0.717) is 12.6 Å². The lowest BCUT2D eigenvalue weighted by atomic mass is 9.59. The van der Waals surface area contributed by atoms with Crippen molar-refractivity contribution in [3.63, 3.8) is 0 Å². The molecule has 1 aliphatic carbocycles. The number of carbonyl (C=O) groups is 2. The third-order valence-electron chi connectivity index (χ3n) is 9.15. The minimum Gasteiger partial charge on any atom is -0.465 e. The van der Waals surface area contributed by atoms with Crippen molar-refractivity contribution in [2.75, 3.05) is 25.1 Å². The van der Waals surface area contributed by atoms with Gasteiger partial charge in [0.25, 0.3) is 0 Å². The van der Waals surface area contributed by atoms with Gasteiger partial charge in [0.2, 0.25) is 0 Å². The van der Waals surface area contributed by atoms with E-state index in [-0.39, 0.29) is 41.5 Å². The molecule has 1 aromatic rings. The maximum absolute atomic E-state index is 12.5. The molecule has 31 heavy (non-hydrogen) atoms. The summed E-state index contributed by atoms with van der Waals surface area (Å²) in [5.41, 5.74) is 3.23. The number of para-hydroxylation sites is 1. The lowest BCUT2D eigenvalue weighted by Crippen LogP contribution is -2.71. The van der Waals surface area contributed by atoms with E-state index in [4.69, 9.17) is 9.47 Å². The Bertz CT molecular complexity index is 1020. The van der Waals surface area contributed by atoms with Crippen LogP contribution in [0.15, 0.2) is 35.9 Å². The maximum Gasteiger partial charge on any atom is 0.302 e. The number of esters is 2. The van der Waals surface area contributed by atoms with E-state index >= 15 is 0 Å². The summed E-state index contributed by atoms with van der Waals surface area (Å²) in [7, 11) is 2.19. The molecule has 1 aromatic carbocycles. The van der Waals surface area contributed by atoms with Gasteiger partial charge in [-0.15, -0.1) is 0 Å². The fraction of sp³-hybridized carbons (Fsp3) is 0.600. The van der Waals surface area contributed by atoms with Crippen molar-refractivity contribution < 1.29 is 19.1 Å². The standard InChI is InChI=1S/C25H30N2O4/c1-5-16-12-27-20-10-18(16)25(13-30-14(2)28)21(27)11-24(23(25)31-15(3)29)17-8-6-7-9-19(17)26(4)22(20)24/h5-9,18,20-23H,10-13H2,1-4H3/b16-5-/t18-,20-,21?,22+,23-,24?,25+/m0/s1. The lowest BCUT2D eigenvalue weighted by molar-refractivity contribution is -0.177. The SMILES string of the molecule is C/C=C1/CN2C3CC45c6ccccc6N(C)[C@@H]4[C@@H]2C[C@@H]1[C@@]3(COC(C)=O)[C@H]5OC(C)=O. The molecule has 5 heterocycles. The molecule has 7 rings (SSSR count). The normalized spacial score (nSPS) is 44.4. The Balaban J connectivity index is 1.63. The van der Waals surface area contributed by atoms with E-state index in [2.05, 4.69) is 54.1 Å². The molecule has 5 bridgehead atoms. The zero-order valence-electron chi connectivity index (χ0n) is 18.6. The summed E-state index contributed by atoms with van der Waals surface area (Å²) < 4.78 is 12.1. The summed E-state index contributed by atoms with van der Waals surface area (Å²) in [4.78, 5) is 29.5. The molecule has 6 aliphatic rings. The monoisotopic (exact) mass is 422 g/mol. The largest absolute Gasteiger partial charge is 0.465 e. The van der Waals surface area contributed by atoms with E-state index in [9.17, 15) is 9.59 Å². The molecule has 4 saturated heterocycles. The zero-order valence-corrected chi connectivity index (χ0v) is 18.6. The van der Waals surface area contributed by atoms with Crippen LogP contribution in [0.2, 0.25) is 0 Å². The van der Waals surface area contributed by atoms with Gasteiger partial charge in [-0.1, -0.05) is 29.8 Å². The fourth-order valence-electron chi connectivity index (χ4n) is 8.43. The van der Waals surface area contributed by atoms with Crippen LogP contribution < -0.4 is 4.90 Å². The number of fused-ring (bicyclic) bond motifs is 2. The van der Waals surface area contributed by atoms with Crippen molar-refractivity contribution in [2.24, 2.45) is 11.3 Å².